The molecule has 0 atom stereocenters. The molecule has 0 amide bonds. The van der Waals surface area contributed by atoms with Crippen LogP contribution >= 0.6 is 11.6 Å². The molecule has 0 N–H and O–H groups in total. The second kappa shape index (κ2) is 6.76. The summed E-state index contributed by atoms with van der Waals surface area (Å²) in [5.41, 5.74) is 2.13. The Kier molecular flexibility index (Phi) is 5.02. The Morgan fingerprint density at radius 1 is 1.29 bits per heavy atom. The van der Waals surface area contributed by atoms with E-state index in [0.29, 0.717) is 17.2 Å². The van der Waals surface area contributed by atoms with Crippen LogP contribution in [0, 0.1) is 0 Å². The minimum Gasteiger partial charge on any atom is -0.462 e. The molecule has 5 heteroatoms. The average molecular weight is 307 g/mol. The minimum atomic E-state index is -0.344. The fourth-order valence-corrected chi connectivity index (χ4v) is 2.56. The van der Waals surface area contributed by atoms with Crippen molar-refractivity contribution >= 4 is 34.2 Å². The second-order valence-electron chi connectivity index (χ2n) is 4.57. The first-order valence-corrected chi connectivity index (χ1v) is 7.50. The summed E-state index contributed by atoms with van der Waals surface area (Å²) >= 11 is 6.03. The third kappa shape index (κ3) is 3.10. The number of carbonyl (C=O) groups is 1. The van der Waals surface area contributed by atoms with E-state index in [1.807, 2.05) is 12.1 Å². The highest BCUT2D eigenvalue weighted by Crippen LogP contribution is 2.31. The molecular formula is C16H19ClN2O2. The lowest BCUT2D eigenvalue weighted by Crippen LogP contribution is -2.25. The lowest BCUT2D eigenvalue weighted by Gasteiger charge is -2.25. The molecule has 0 saturated heterocycles. The van der Waals surface area contributed by atoms with Gasteiger partial charge in [0.25, 0.3) is 0 Å². The number of anilines is 1. The molecule has 0 aliphatic carbocycles. The van der Waals surface area contributed by atoms with Crippen molar-refractivity contribution in [3.8, 4) is 0 Å². The predicted octanol–water partition coefficient (Wildman–Crippen LogP) is 3.91. The molecule has 0 aliphatic rings. The number of benzene rings is 1. The van der Waals surface area contributed by atoms with E-state index in [4.69, 9.17) is 16.3 Å². The van der Waals surface area contributed by atoms with Crippen LogP contribution in [-0.2, 0) is 4.74 Å². The standard InChI is InChI=1S/C16H19ClN2O2/c1-4-19(5-2)15-12-8-7-11(17)9-14(12)18-10-13(15)16(20)21-6-3/h7-10H,4-6H2,1-3H3. The first-order valence-electron chi connectivity index (χ1n) is 7.12. The van der Waals surface area contributed by atoms with Gasteiger partial charge in [-0.2, -0.15) is 0 Å². The number of pyridine rings is 1. The van der Waals surface area contributed by atoms with E-state index in [1.54, 1.807) is 19.2 Å². The Labute approximate surface area is 129 Å². The molecule has 4 nitrogen and oxygen atoms in total. The van der Waals surface area contributed by atoms with Crippen molar-refractivity contribution in [3.63, 3.8) is 0 Å². The largest absolute Gasteiger partial charge is 0.462 e. The number of hydrogen-bond donors (Lipinski definition) is 0. The average Bonchev–Trinajstić information content (AvgIpc) is 2.48. The summed E-state index contributed by atoms with van der Waals surface area (Å²) in [7, 11) is 0. The first-order chi connectivity index (χ1) is 10.1. The van der Waals surface area contributed by atoms with E-state index in [2.05, 4.69) is 23.7 Å². The zero-order valence-corrected chi connectivity index (χ0v) is 13.3. The summed E-state index contributed by atoms with van der Waals surface area (Å²) in [6.45, 7) is 7.84. The van der Waals surface area contributed by atoms with Crippen molar-refractivity contribution < 1.29 is 9.53 Å². The number of carbonyl (C=O) groups excluding carboxylic acids is 1. The third-order valence-corrected chi connectivity index (χ3v) is 3.61. The SMILES string of the molecule is CCOC(=O)c1cnc2cc(Cl)ccc2c1N(CC)CC. The third-order valence-electron chi connectivity index (χ3n) is 3.38. The molecule has 0 aliphatic heterocycles. The van der Waals surface area contributed by atoms with E-state index >= 15 is 0 Å². The highest BCUT2D eigenvalue weighted by Gasteiger charge is 2.20. The number of aromatic nitrogens is 1. The van der Waals surface area contributed by atoms with Gasteiger partial charge >= 0.3 is 5.97 Å². The lowest BCUT2D eigenvalue weighted by atomic mass is 10.1. The monoisotopic (exact) mass is 306 g/mol. The number of hydrogen-bond acceptors (Lipinski definition) is 4. The molecule has 21 heavy (non-hydrogen) atoms. The van der Waals surface area contributed by atoms with E-state index in [0.717, 1.165) is 29.7 Å². The highest BCUT2D eigenvalue weighted by molar-refractivity contribution is 6.31. The zero-order valence-electron chi connectivity index (χ0n) is 12.5. The minimum absolute atomic E-state index is 0.342. The van der Waals surface area contributed by atoms with E-state index in [-0.39, 0.29) is 5.97 Å². The molecule has 0 fully saturated rings. The lowest BCUT2D eigenvalue weighted by molar-refractivity contribution is 0.0527. The van der Waals surface area contributed by atoms with Crippen LogP contribution in [0.15, 0.2) is 24.4 Å². The number of nitrogens with zero attached hydrogens (tertiary/aromatic N) is 2. The van der Waals surface area contributed by atoms with Crippen molar-refractivity contribution in [1.82, 2.24) is 4.98 Å². The van der Waals surface area contributed by atoms with E-state index in [1.165, 1.54) is 0 Å². The van der Waals surface area contributed by atoms with Gasteiger partial charge in [-0.15, -0.1) is 0 Å². The molecule has 112 valence electrons. The molecule has 0 unspecified atom stereocenters. The van der Waals surface area contributed by atoms with Gasteiger partial charge in [-0.25, -0.2) is 4.79 Å². The quantitative estimate of drug-likeness (QED) is 0.785. The first kappa shape index (κ1) is 15.6. The summed E-state index contributed by atoms with van der Waals surface area (Å²) in [5, 5.41) is 1.54. The Balaban J connectivity index is 2.70. The number of fused-ring (bicyclic) bond motifs is 1. The van der Waals surface area contributed by atoms with Crippen LogP contribution in [-0.4, -0.2) is 30.6 Å². The molecular weight excluding hydrogens is 288 g/mol. The van der Waals surface area contributed by atoms with Crippen LogP contribution < -0.4 is 4.90 Å². The van der Waals surface area contributed by atoms with Crippen molar-refractivity contribution in [1.29, 1.82) is 0 Å². The van der Waals surface area contributed by atoms with Gasteiger partial charge in [0, 0.05) is 29.7 Å². The fraction of sp³-hybridized carbons (Fsp3) is 0.375. The Bertz CT molecular complexity index is 654. The molecule has 0 radical (unpaired) electrons. The predicted molar refractivity (Wildman–Crippen MR) is 86.3 cm³/mol. The smallest absolute Gasteiger partial charge is 0.341 e. The molecule has 2 rings (SSSR count). The van der Waals surface area contributed by atoms with Crippen LogP contribution in [0.5, 0.6) is 0 Å². The maximum absolute atomic E-state index is 12.2. The zero-order chi connectivity index (χ0) is 15.4. The van der Waals surface area contributed by atoms with E-state index in [9.17, 15) is 4.79 Å². The van der Waals surface area contributed by atoms with Crippen LogP contribution in [0.2, 0.25) is 5.02 Å². The fourth-order valence-electron chi connectivity index (χ4n) is 2.39. The molecule has 0 saturated carbocycles. The highest BCUT2D eigenvalue weighted by atomic mass is 35.5. The van der Waals surface area contributed by atoms with Gasteiger partial charge in [-0.1, -0.05) is 11.6 Å². The molecule has 1 aromatic heterocycles. The topological polar surface area (TPSA) is 42.4 Å². The van der Waals surface area contributed by atoms with Gasteiger partial charge in [-0.3, -0.25) is 4.98 Å². The maximum atomic E-state index is 12.2. The summed E-state index contributed by atoms with van der Waals surface area (Å²) in [4.78, 5) is 18.7. The summed E-state index contributed by atoms with van der Waals surface area (Å²) < 4.78 is 5.15. The Morgan fingerprint density at radius 3 is 2.62 bits per heavy atom. The number of ether oxygens (including phenoxy) is 1. The summed E-state index contributed by atoms with van der Waals surface area (Å²) in [5.74, 6) is -0.344. The van der Waals surface area contributed by atoms with Gasteiger partial charge < -0.3 is 9.64 Å². The second-order valence-corrected chi connectivity index (χ2v) is 5.01. The molecule has 0 bridgehead atoms. The van der Waals surface area contributed by atoms with Gasteiger partial charge in [0.2, 0.25) is 0 Å². The van der Waals surface area contributed by atoms with Gasteiger partial charge in [0.15, 0.2) is 0 Å². The summed E-state index contributed by atoms with van der Waals surface area (Å²) in [6.07, 6.45) is 1.57. The van der Waals surface area contributed by atoms with Crippen molar-refractivity contribution in [2.45, 2.75) is 20.8 Å². The van der Waals surface area contributed by atoms with Crippen LogP contribution in [0.25, 0.3) is 10.9 Å². The number of esters is 1. The number of halogens is 1. The Morgan fingerprint density at radius 2 is 2.00 bits per heavy atom. The van der Waals surface area contributed by atoms with Crippen molar-refractivity contribution in [2.24, 2.45) is 0 Å². The molecule has 2 aromatic rings. The van der Waals surface area contributed by atoms with Crippen LogP contribution in [0.1, 0.15) is 31.1 Å². The van der Waals surface area contributed by atoms with Crippen molar-refractivity contribution in [3.05, 3.63) is 35.0 Å². The van der Waals surface area contributed by atoms with Crippen molar-refractivity contribution in [2.75, 3.05) is 24.6 Å². The van der Waals surface area contributed by atoms with Gasteiger partial charge in [-0.05, 0) is 39.0 Å². The molecule has 1 aromatic carbocycles. The van der Waals surface area contributed by atoms with Gasteiger partial charge in [0.1, 0.15) is 5.56 Å². The normalized spacial score (nSPS) is 10.7. The van der Waals surface area contributed by atoms with E-state index < -0.39 is 0 Å². The molecule has 1 heterocycles. The van der Waals surface area contributed by atoms with Crippen LogP contribution in [0.4, 0.5) is 5.69 Å². The van der Waals surface area contributed by atoms with Crippen LogP contribution in [0.3, 0.4) is 0 Å². The summed E-state index contributed by atoms with van der Waals surface area (Å²) in [6, 6.07) is 5.52. The maximum Gasteiger partial charge on any atom is 0.341 e. The molecule has 0 spiro atoms. The number of rotatable bonds is 5. The van der Waals surface area contributed by atoms with Gasteiger partial charge in [0.05, 0.1) is 17.8 Å². The Hall–Kier alpha value is -1.81.